The van der Waals surface area contributed by atoms with E-state index in [0.717, 1.165) is 28.3 Å². The third-order valence-corrected chi connectivity index (χ3v) is 5.96. The van der Waals surface area contributed by atoms with Crippen molar-refractivity contribution in [1.82, 2.24) is 10.2 Å². The van der Waals surface area contributed by atoms with Crippen LogP contribution in [0, 0.1) is 6.92 Å². The summed E-state index contributed by atoms with van der Waals surface area (Å²) in [6, 6.07) is 21.2. The second kappa shape index (κ2) is 11.5. The van der Waals surface area contributed by atoms with Crippen molar-refractivity contribution in [3.63, 3.8) is 0 Å². The molecule has 2 amide bonds. The Morgan fingerprint density at radius 1 is 0.939 bits per heavy atom. The molecule has 3 aromatic rings. The molecule has 174 valence electrons. The van der Waals surface area contributed by atoms with E-state index in [2.05, 4.69) is 5.32 Å². The van der Waals surface area contributed by atoms with Gasteiger partial charge in [0.1, 0.15) is 11.8 Å². The summed E-state index contributed by atoms with van der Waals surface area (Å²) >= 11 is 0. The zero-order chi connectivity index (χ0) is 23.8. The van der Waals surface area contributed by atoms with Gasteiger partial charge in [-0.3, -0.25) is 9.59 Å². The van der Waals surface area contributed by atoms with Crippen LogP contribution in [0.1, 0.15) is 44.7 Å². The van der Waals surface area contributed by atoms with Crippen molar-refractivity contribution in [2.24, 2.45) is 0 Å². The van der Waals surface area contributed by atoms with E-state index < -0.39 is 6.04 Å². The molecule has 0 saturated carbocycles. The van der Waals surface area contributed by atoms with Crippen LogP contribution in [0.15, 0.2) is 66.7 Å². The van der Waals surface area contributed by atoms with Crippen molar-refractivity contribution in [2.75, 3.05) is 6.61 Å². The molecule has 0 heterocycles. The summed E-state index contributed by atoms with van der Waals surface area (Å²) < 4.78 is 5.97. The zero-order valence-corrected chi connectivity index (χ0v) is 20.0. The quantitative estimate of drug-likeness (QED) is 0.463. The number of fused-ring (bicyclic) bond motifs is 1. The second-order valence-corrected chi connectivity index (χ2v) is 8.52. The number of carbonyl (C=O) groups excluding carboxylic acids is 2. The molecule has 0 unspecified atom stereocenters. The third kappa shape index (κ3) is 6.35. The number of nitrogens with zero attached hydrogens (tertiary/aromatic N) is 1. The molecule has 0 fully saturated rings. The second-order valence-electron chi connectivity index (χ2n) is 8.52. The van der Waals surface area contributed by atoms with Crippen LogP contribution in [-0.2, 0) is 16.1 Å². The summed E-state index contributed by atoms with van der Waals surface area (Å²) in [7, 11) is 0. The predicted octanol–water partition coefficient (Wildman–Crippen LogP) is 5.25. The summed E-state index contributed by atoms with van der Waals surface area (Å²) in [5.74, 6) is 0.320. The molecule has 0 aliphatic rings. The van der Waals surface area contributed by atoms with E-state index in [0.29, 0.717) is 18.7 Å². The first-order valence-corrected chi connectivity index (χ1v) is 11.7. The molecule has 5 nitrogen and oxygen atoms in total. The molecular weight excluding hydrogens is 412 g/mol. The van der Waals surface area contributed by atoms with Crippen molar-refractivity contribution in [3.05, 3.63) is 77.9 Å². The van der Waals surface area contributed by atoms with Crippen molar-refractivity contribution in [2.45, 2.75) is 59.2 Å². The van der Waals surface area contributed by atoms with Gasteiger partial charge in [-0.05, 0) is 43.7 Å². The van der Waals surface area contributed by atoms with Crippen LogP contribution >= 0.6 is 0 Å². The first-order valence-electron chi connectivity index (χ1n) is 11.7. The number of benzene rings is 3. The Labute approximate surface area is 196 Å². The average molecular weight is 447 g/mol. The normalized spacial score (nSPS) is 12.7. The van der Waals surface area contributed by atoms with Crippen LogP contribution < -0.4 is 10.1 Å². The lowest BCUT2D eigenvalue weighted by molar-refractivity contribution is -0.143. The number of hydrogen-bond acceptors (Lipinski definition) is 3. The fraction of sp³-hybridized carbons (Fsp3) is 0.357. The molecule has 1 N–H and O–H groups in total. The van der Waals surface area contributed by atoms with Crippen LogP contribution in [-0.4, -0.2) is 35.4 Å². The largest absolute Gasteiger partial charge is 0.483 e. The number of amides is 2. The lowest BCUT2D eigenvalue weighted by Gasteiger charge is -2.31. The van der Waals surface area contributed by atoms with Gasteiger partial charge >= 0.3 is 0 Å². The lowest BCUT2D eigenvalue weighted by Crippen LogP contribution is -2.51. The van der Waals surface area contributed by atoms with E-state index in [9.17, 15) is 9.59 Å². The molecule has 3 rings (SSSR count). The summed E-state index contributed by atoms with van der Waals surface area (Å²) in [6.45, 7) is 8.18. The molecule has 0 aliphatic heterocycles. The van der Waals surface area contributed by atoms with E-state index in [1.807, 2.05) is 94.4 Å². The molecule has 0 saturated heterocycles. The number of carbonyl (C=O) groups is 2. The summed E-state index contributed by atoms with van der Waals surface area (Å²) in [4.78, 5) is 28.1. The molecule has 5 heteroatoms. The zero-order valence-electron chi connectivity index (χ0n) is 20.0. The Hall–Kier alpha value is -3.34. The Kier molecular flexibility index (Phi) is 8.47. The first-order chi connectivity index (χ1) is 15.9. The lowest BCUT2D eigenvalue weighted by atomic mass is 10.1. The fourth-order valence-corrected chi connectivity index (χ4v) is 3.79. The smallest absolute Gasteiger partial charge is 0.261 e. The summed E-state index contributed by atoms with van der Waals surface area (Å²) in [5, 5.41) is 5.05. The SMILES string of the molecule is CC[C@H](C(=O)N[C@@H](C)CC)N(Cc1ccc(C)cc1)C(=O)COc1cccc2ccccc12. The molecule has 33 heavy (non-hydrogen) atoms. The minimum Gasteiger partial charge on any atom is -0.483 e. The first kappa shape index (κ1) is 24.3. The van der Waals surface area contributed by atoms with Gasteiger partial charge in [0.25, 0.3) is 5.91 Å². The van der Waals surface area contributed by atoms with Gasteiger partial charge in [-0.1, -0.05) is 80.1 Å². The van der Waals surface area contributed by atoms with Crippen LogP contribution in [0.25, 0.3) is 10.8 Å². The minimum atomic E-state index is -0.566. The highest BCUT2D eigenvalue weighted by molar-refractivity contribution is 5.90. The monoisotopic (exact) mass is 446 g/mol. The molecule has 0 aromatic heterocycles. The number of hydrogen-bond donors (Lipinski definition) is 1. The van der Waals surface area contributed by atoms with Gasteiger partial charge in [0.05, 0.1) is 0 Å². The van der Waals surface area contributed by atoms with Crippen LogP contribution in [0.5, 0.6) is 5.75 Å². The van der Waals surface area contributed by atoms with Crippen molar-refractivity contribution in [1.29, 1.82) is 0 Å². The fourth-order valence-electron chi connectivity index (χ4n) is 3.79. The van der Waals surface area contributed by atoms with E-state index in [4.69, 9.17) is 4.74 Å². The molecule has 0 aliphatic carbocycles. The maximum absolute atomic E-state index is 13.4. The molecule has 2 atom stereocenters. The minimum absolute atomic E-state index is 0.0508. The standard InChI is InChI=1S/C28H34N2O3/c1-5-21(4)29-28(32)25(6-2)30(18-22-16-14-20(3)15-17-22)27(31)19-33-26-13-9-11-23-10-7-8-12-24(23)26/h7-17,21,25H,5-6,18-19H2,1-4H3,(H,29,32)/t21-,25+/m0/s1. The maximum atomic E-state index is 13.4. The van der Waals surface area contributed by atoms with E-state index in [1.165, 1.54) is 0 Å². The Morgan fingerprint density at radius 3 is 2.33 bits per heavy atom. The Bertz CT molecular complexity index is 1070. The molecule has 3 aromatic carbocycles. The highest BCUT2D eigenvalue weighted by Gasteiger charge is 2.29. The molecule has 0 bridgehead atoms. The van der Waals surface area contributed by atoms with Gasteiger partial charge < -0.3 is 15.0 Å². The number of rotatable bonds is 10. The Balaban J connectivity index is 1.82. The van der Waals surface area contributed by atoms with Crippen molar-refractivity contribution < 1.29 is 14.3 Å². The van der Waals surface area contributed by atoms with Gasteiger partial charge in [-0.2, -0.15) is 0 Å². The van der Waals surface area contributed by atoms with E-state index in [-0.39, 0.29) is 24.5 Å². The van der Waals surface area contributed by atoms with Gasteiger partial charge in [0.2, 0.25) is 5.91 Å². The summed E-state index contributed by atoms with van der Waals surface area (Å²) in [6.07, 6.45) is 1.35. The summed E-state index contributed by atoms with van der Waals surface area (Å²) in [5.41, 5.74) is 2.13. The van der Waals surface area contributed by atoms with Crippen LogP contribution in [0.2, 0.25) is 0 Å². The van der Waals surface area contributed by atoms with Crippen molar-refractivity contribution in [3.8, 4) is 5.75 Å². The topological polar surface area (TPSA) is 58.6 Å². The highest BCUT2D eigenvalue weighted by atomic mass is 16.5. The third-order valence-electron chi connectivity index (χ3n) is 5.96. The molecule has 0 radical (unpaired) electrons. The average Bonchev–Trinajstić information content (AvgIpc) is 2.83. The van der Waals surface area contributed by atoms with E-state index >= 15 is 0 Å². The number of aryl methyl sites for hydroxylation is 1. The van der Waals surface area contributed by atoms with Crippen LogP contribution in [0.4, 0.5) is 0 Å². The highest BCUT2D eigenvalue weighted by Crippen LogP contribution is 2.25. The van der Waals surface area contributed by atoms with Gasteiger partial charge in [-0.15, -0.1) is 0 Å². The number of nitrogens with one attached hydrogen (secondary N) is 1. The van der Waals surface area contributed by atoms with Gasteiger partial charge in [-0.25, -0.2) is 0 Å². The maximum Gasteiger partial charge on any atom is 0.261 e. The van der Waals surface area contributed by atoms with Gasteiger partial charge in [0, 0.05) is 18.0 Å². The predicted molar refractivity (Wildman–Crippen MR) is 133 cm³/mol. The van der Waals surface area contributed by atoms with Crippen molar-refractivity contribution >= 4 is 22.6 Å². The van der Waals surface area contributed by atoms with E-state index in [1.54, 1.807) is 4.90 Å². The van der Waals surface area contributed by atoms with Gasteiger partial charge in [0.15, 0.2) is 6.61 Å². The Morgan fingerprint density at radius 2 is 1.64 bits per heavy atom. The molecular formula is C28H34N2O3. The molecule has 0 spiro atoms. The van der Waals surface area contributed by atoms with Crippen LogP contribution in [0.3, 0.4) is 0 Å². The number of ether oxygens (including phenoxy) is 1.